The fourth-order valence-electron chi connectivity index (χ4n) is 3.12. The first-order chi connectivity index (χ1) is 9.74. The summed E-state index contributed by atoms with van der Waals surface area (Å²) in [6, 6.07) is 14.8. The van der Waals surface area contributed by atoms with E-state index in [0.29, 0.717) is 0 Å². The van der Waals surface area contributed by atoms with Gasteiger partial charge in [-0.25, -0.2) is 0 Å². The van der Waals surface area contributed by atoms with Crippen LogP contribution >= 0.6 is 0 Å². The number of hydrogen-bond acceptors (Lipinski definition) is 2. The maximum Gasteiger partial charge on any atom is 0.306 e. The lowest BCUT2D eigenvalue weighted by Gasteiger charge is -2.28. The van der Waals surface area contributed by atoms with Gasteiger partial charge in [0, 0.05) is 17.1 Å². The van der Waals surface area contributed by atoms with E-state index in [1.54, 1.807) is 0 Å². The van der Waals surface area contributed by atoms with Gasteiger partial charge in [0.15, 0.2) is 0 Å². The van der Waals surface area contributed by atoms with Gasteiger partial charge in [-0.2, -0.15) is 0 Å². The van der Waals surface area contributed by atoms with Crippen molar-refractivity contribution in [2.45, 2.75) is 31.7 Å². The standard InChI is InChI=1S/C17H19NO2/c19-17(20)13-7-3-8-14(11-13)18-16-10-4-6-12-5-1-2-9-15(12)16/h1-2,4-6,9-10,13-14,18H,3,7-8,11H2,(H,19,20). The summed E-state index contributed by atoms with van der Waals surface area (Å²) in [7, 11) is 0. The summed E-state index contributed by atoms with van der Waals surface area (Å²) < 4.78 is 0. The fraction of sp³-hybridized carbons (Fsp3) is 0.353. The Bertz CT molecular complexity index is 618. The average molecular weight is 269 g/mol. The minimum absolute atomic E-state index is 0.198. The molecule has 1 fully saturated rings. The van der Waals surface area contributed by atoms with E-state index in [4.69, 9.17) is 5.11 Å². The second-order valence-corrected chi connectivity index (χ2v) is 5.57. The minimum Gasteiger partial charge on any atom is -0.481 e. The third-order valence-corrected chi connectivity index (χ3v) is 4.17. The van der Waals surface area contributed by atoms with Crippen LogP contribution in [0.5, 0.6) is 0 Å². The van der Waals surface area contributed by atoms with Gasteiger partial charge in [-0.05, 0) is 30.7 Å². The van der Waals surface area contributed by atoms with E-state index in [9.17, 15) is 4.79 Å². The second-order valence-electron chi connectivity index (χ2n) is 5.57. The Morgan fingerprint density at radius 1 is 1.10 bits per heavy atom. The SMILES string of the molecule is O=C(O)C1CCCC(Nc2cccc3ccccc23)C1. The summed E-state index contributed by atoms with van der Waals surface area (Å²) >= 11 is 0. The van der Waals surface area contributed by atoms with Gasteiger partial charge in [0.25, 0.3) is 0 Å². The van der Waals surface area contributed by atoms with E-state index in [1.807, 2.05) is 18.2 Å². The van der Waals surface area contributed by atoms with Gasteiger partial charge in [0.2, 0.25) is 0 Å². The zero-order valence-electron chi connectivity index (χ0n) is 11.4. The highest BCUT2D eigenvalue weighted by Gasteiger charge is 2.26. The Kier molecular flexibility index (Phi) is 3.59. The van der Waals surface area contributed by atoms with Crippen molar-refractivity contribution >= 4 is 22.4 Å². The van der Waals surface area contributed by atoms with E-state index >= 15 is 0 Å². The van der Waals surface area contributed by atoms with Gasteiger partial charge in [-0.1, -0.05) is 42.8 Å². The number of nitrogens with one attached hydrogen (secondary N) is 1. The van der Waals surface area contributed by atoms with Crippen LogP contribution in [0.15, 0.2) is 42.5 Å². The Labute approximate surface area is 118 Å². The molecule has 0 spiro atoms. The lowest BCUT2D eigenvalue weighted by atomic mass is 9.85. The number of hydrogen-bond donors (Lipinski definition) is 2. The first-order valence-corrected chi connectivity index (χ1v) is 7.21. The van der Waals surface area contributed by atoms with Crippen molar-refractivity contribution in [2.75, 3.05) is 5.32 Å². The third kappa shape index (κ3) is 2.62. The first kappa shape index (κ1) is 13.0. The minimum atomic E-state index is -0.658. The van der Waals surface area contributed by atoms with Gasteiger partial charge in [-0.3, -0.25) is 4.79 Å². The zero-order chi connectivity index (χ0) is 13.9. The third-order valence-electron chi connectivity index (χ3n) is 4.17. The summed E-state index contributed by atoms with van der Waals surface area (Å²) in [6.07, 6.45) is 3.56. The van der Waals surface area contributed by atoms with Crippen LogP contribution in [0.3, 0.4) is 0 Å². The van der Waals surface area contributed by atoms with Crippen molar-refractivity contribution in [1.82, 2.24) is 0 Å². The molecule has 1 saturated carbocycles. The van der Waals surface area contributed by atoms with Crippen molar-refractivity contribution in [2.24, 2.45) is 5.92 Å². The van der Waals surface area contributed by atoms with E-state index < -0.39 is 5.97 Å². The van der Waals surface area contributed by atoms with Crippen LogP contribution in [-0.4, -0.2) is 17.1 Å². The lowest BCUT2D eigenvalue weighted by Crippen LogP contribution is -2.30. The highest BCUT2D eigenvalue weighted by molar-refractivity contribution is 5.93. The molecule has 0 amide bonds. The molecule has 0 aromatic heterocycles. The molecule has 3 nitrogen and oxygen atoms in total. The first-order valence-electron chi connectivity index (χ1n) is 7.21. The number of benzene rings is 2. The van der Waals surface area contributed by atoms with E-state index in [2.05, 4.69) is 29.6 Å². The number of carboxylic acids is 1. The van der Waals surface area contributed by atoms with Crippen LogP contribution in [0.1, 0.15) is 25.7 Å². The summed E-state index contributed by atoms with van der Waals surface area (Å²) in [5.41, 5.74) is 1.11. The zero-order valence-corrected chi connectivity index (χ0v) is 11.4. The topological polar surface area (TPSA) is 49.3 Å². The van der Waals surface area contributed by atoms with Gasteiger partial charge in [-0.15, -0.1) is 0 Å². The van der Waals surface area contributed by atoms with Crippen molar-refractivity contribution in [1.29, 1.82) is 0 Å². The highest BCUT2D eigenvalue weighted by Crippen LogP contribution is 2.29. The number of rotatable bonds is 3. The largest absolute Gasteiger partial charge is 0.481 e. The maximum atomic E-state index is 11.1. The fourth-order valence-corrected chi connectivity index (χ4v) is 3.12. The molecule has 0 bridgehead atoms. The molecule has 2 unspecified atom stereocenters. The smallest absolute Gasteiger partial charge is 0.306 e. The molecular formula is C17H19NO2. The van der Waals surface area contributed by atoms with Crippen LogP contribution in [-0.2, 0) is 4.79 Å². The predicted molar refractivity (Wildman–Crippen MR) is 81.0 cm³/mol. The molecule has 2 aromatic carbocycles. The molecule has 2 atom stereocenters. The number of carboxylic acid groups (broad SMARTS) is 1. The van der Waals surface area contributed by atoms with Crippen LogP contribution in [0.4, 0.5) is 5.69 Å². The molecule has 104 valence electrons. The average Bonchev–Trinajstić information content (AvgIpc) is 2.48. The number of carbonyl (C=O) groups is 1. The molecule has 2 N–H and O–H groups in total. The van der Waals surface area contributed by atoms with Gasteiger partial charge < -0.3 is 10.4 Å². The Morgan fingerprint density at radius 2 is 1.90 bits per heavy atom. The monoisotopic (exact) mass is 269 g/mol. The number of anilines is 1. The summed E-state index contributed by atoms with van der Waals surface area (Å²) in [5, 5.41) is 15.1. The molecule has 1 aliphatic rings. The lowest BCUT2D eigenvalue weighted by molar-refractivity contribution is -0.142. The summed E-state index contributed by atoms with van der Waals surface area (Å²) in [5.74, 6) is -0.856. The van der Waals surface area contributed by atoms with E-state index in [0.717, 1.165) is 31.4 Å². The predicted octanol–water partition coefficient (Wildman–Crippen LogP) is 3.90. The Hall–Kier alpha value is -2.03. The molecule has 3 heteroatoms. The molecule has 2 aromatic rings. The van der Waals surface area contributed by atoms with Crippen molar-refractivity contribution in [3.63, 3.8) is 0 Å². The number of aliphatic carboxylic acids is 1. The van der Waals surface area contributed by atoms with Gasteiger partial charge in [0.05, 0.1) is 5.92 Å². The maximum absolute atomic E-state index is 11.1. The van der Waals surface area contributed by atoms with Crippen LogP contribution < -0.4 is 5.32 Å². The molecule has 0 radical (unpaired) electrons. The molecule has 1 aliphatic carbocycles. The second kappa shape index (κ2) is 5.53. The van der Waals surface area contributed by atoms with Crippen molar-refractivity contribution in [3.8, 4) is 0 Å². The normalized spacial score (nSPS) is 22.6. The molecular weight excluding hydrogens is 250 g/mol. The molecule has 20 heavy (non-hydrogen) atoms. The van der Waals surface area contributed by atoms with Crippen molar-refractivity contribution in [3.05, 3.63) is 42.5 Å². The highest BCUT2D eigenvalue weighted by atomic mass is 16.4. The quantitative estimate of drug-likeness (QED) is 0.888. The van der Waals surface area contributed by atoms with Gasteiger partial charge >= 0.3 is 5.97 Å². The van der Waals surface area contributed by atoms with Crippen LogP contribution in [0, 0.1) is 5.92 Å². The molecule has 0 heterocycles. The van der Waals surface area contributed by atoms with Gasteiger partial charge in [0.1, 0.15) is 0 Å². The van der Waals surface area contributed by atoms with Crippen molar-refractivity contribution < 1.29 is 9.90 Å². The molecule has 3 rings (SSSR count). The number of fused-ring (bicyclic) bond motifs is 1. The van der Waals surface area contributed by atoms with E-state index in [1.165, 1.54) is 10.8 Å². The van der Waals surface area contributed by atoms with E-state index in [-0.39, 0.29) is 12.0 Å². The molecule has 0 aliphatic heterocycles. The molecule has 0 saturated heterocycles. The Morgan fingerprint density at radius 3 is 2.75 bits per heavy atom. The van der Waals surface area contributed by atoms with Crippen LogP contribution in [0.25, 0.3) is 10.8 Å². The summed E-state index contributed by atoms with van der Waals surface area (Å²) in [6.45, 7) is 0. The Balaban J connectivity index is 1.81. The summed E-state index contributed by atoms with van der Waals surface area (Å²) in [4.78, 5) is 11.1. The van der Waals surface area contributed by atoms with Crippen LogP contribution in [0.2, 0.25) is 0 Å².